The summed E-state index contributed by atoms with van der Waals surface area (Å²) in [6.45, 7) is 6.53. The third kappa shape index (κ3) is 2.59. The number of ether oxygens (including phenoxy) is 1. The Morgan fingerprint density at radius 2 is 2.05 bits per heavy atom. The fourth-order valence-corrected chi connectivity index (χ4v) is 2.10. The molecule has 0 saturated carbocycles. The Balaban J connectivity index is 2.36. The van der Waals surface area contributed by atoms with Crippen molar-refractivity contribution in [3.8, 4) is 5.75 Å². The Bertz CT molecular complexity index is 500. The molecule has 5 heteroatoms. The first kappa shape index (κ1) is 13.5. The van der Waals surface area contributed by atoms with E-state index in [0.717, 1.165) is 5.69 Å². The van der Waals surface area contributed by atoms with Gasteiger partial charge in [0.05, 0.1) is 17.1 Å². The number of nitrogen functional groups attached to an aromatic ring is 1. The van der Waals surface area contributed by atoms with Crippen LogP contribution in [0, 0.1) is 5.92 Å². The number of amides is 1. The number of rotatable bonds is 3. The maximum atomic E-state index is 11.4. The van der Waals surface area contributed by atoms with Gasteiger partial charge in [-0.1, -0.05) is 13.8 Å². The predicted octanol–water partition coefficient (Wildman–Crippen LogP) is 2.08. The monoisotopic (exact) mass is 263 g/mol. The second-order valence-electron chi connectivity index (χ2n) is 5.34. The first-order valence-electron chi connectivity index (χ1n) is 6.49. The van der Waals surface area contributed by atoms with Crippen molar-refractivity contribution in [1.29, 1.82) is 0 Å². The minimum Gasteiger partial charge on any atom is -0.482 e. The summed E-state index contributed by atoms with van der Waals surface area (Å²) < 4.78 is 5.35. The molecule has 1 aromatic rings. The van der Waals surface area contributed by atoms with Crippen molar-refractivity contribution in [2.75, 3.05) is 29.6 Å². The summed E-state index contributed by atoms with van der Waals surface area (Å²) in [7, 11) is 2.01. The lowest BCUT2D eigenvalue weighted by atomic mass is 10.0. The number of nitrogens with one attached hydrogen (secondary N) is 1. The van der Waals surface area contributed by atoms with Gasteiger partial charge in [0.25, 0.3) is 5.91 Å². The van der Waals surface area contributed by atoms with Gasteiger partial charge in [-0.2, -0.15) is 0 Å². The summed E-state index contributed by atoms with van der Waals surface area (Å²) in [5.41, 5.74) is 8.33. The van der Waals surface area contributed by atoms with Crippen molar-refractivity contribution in [3.05, 3.63) is 12.1 Å². The van der Waals surface area contributed by atoms with Crippen molar-refractivity contribution in [2.24, 2.45) is 5.92 Å². The molecule has 1 atom stereocenters. The number of nitrogens with two attached hydrogens (primary N) is 1. The molecule has 2 rings (SSSR count). The Morgan fingerprint density at radius 1 is 1.37 bits per heavy atom. The number of benzene rings is 1. The van der Waals surface area contributed by atoms with Gasteiger partial charge in [0, 0.05) is 19.2 Å². The van der Waals surface area contributed by atoms with Gasteiger partial charge in [-0.05, 0) is 18.9 Å². The van der Waals surface area contributed by atoms with Crippen LogP contribution in [0.25, 0.3) is 0 Å². The van der Waals surface area contributed by atoms with Crippen LogP contribution in [0.3, 0.4) is 0 Å². The molecule has 0 saturated heterocycles. The summed E-state index contributed by atoms with van der Waals surface area (Å²) in [4.78, 5) is 13.5. The SMILES string of the molecule is CC(C)C(C)N(C)c1cc2c(cc1N)OCC(=O)N2. The second kappa shape index (κ2) is 4.99. The zero-order valence-corrected chi connectivity index (χ0v) is 11.9. The molecule has 1 aliphatic rings. The van der Waals surface area contributed by atoms with Crippen LogP contribution in [0.1, 0.15) is 20.8 Å². The van der Waals surface area contributed by atoms with E-state index < -0.39 is 0 Å². The zero-order valence-electron chi connectivity index (χ0n) is 11.9. The van der Waals surface area contributed by atoms with Gasteiger partial charge >= 0.3 is 0 Å². The molecule has 0 aromatic heterocycles. The third-order valence-corrected chi connectivity index (χ3v) is 3.72. The Kier molecular flexibility index (Phi) is 3.55. The van der Waals surface area contributed by atoms with E-state index in [1.807, 2.05) is 13.1 Å². The van der Waals surface area contributed by atoms with Crippen LogP contribution >= 0.6 is 0 Å². The van der Waals surface area contributed by atoms with Gasteiger partial charge in [-0.25, -0.2) is 0 Å². The average molecular weight is 263 g/mol. The van der Waals surface area contributed by atoms with Crippen LogP contribution in [0.15, 0.2) is 12.1 Å². The van der Waals surface area contributed by atoms with Crippen molar-refractivity contribution in [2.45, 2.75) is 26.8 Å². The van der Waals surface area contributed by atoms with Crippen molar-refractivity contribution in [1.82, 2.24) is 0 Å². The molecule has 5 nitrogen and oxygen atoms in total. The highest BCUT2D eigenvalue weighted by molar-refractivity contribution is 5.97. The van der Waals surface area contributed by atoms with Crippen LogP contribution < -0.4 is 20.7 Å². The Hall–Kier alpha value is -1.91. The van der Waals surface area contributed by atoms with E-state index in [4.69, 9.17) is 10.5 Å². The largest absolute Gasteiger partial charge is 0.482 e. The number of carbonyl (C=O) groups excluding carboxylic acids is 1. The van der Waals surface area contributed by atoms with Crippen molar-refractivity contribution in [3.63, 3.8) is 0 Å². The van der Waals surface area contributed by atoms with Gasteiger partial charge in [-0.3, -0.25) is 4.79 Å². The molecule has 1 aromatic carbocycles. The first-order chi connectivity index (χ1) is 8.90. The van der Waals surface area contributed by atoms with E-state index in [-0.39, 0.29) is 12.5 Å². The highest BCUT2D eigenvalue weighted by atomic mass is 16.5. The summed E-state index contributed by atoms with van der Waals surface area (Å²) in [5.74, 6) is 1.00. The molecular weight excluding hydrogens is 242 g/mol. The molecule has 104 valence electrons. The molecule has 1 heterocycles. The fraction of sp³-hybridized carbons (Fsp3) is 0.500. The second-order valence-corrected chi connectivity index (χ2v) is 5.34. The number of hydrogen-bond donors (Lipinski definition) is 2. The van der Waals surface area contributed by atoms with E-state index in [9.17, 15) is 4.79 Å². The Morgan fingerprint density at radius 3 is 2.68 bits per heavy atom. The first-order valence-corrected chi connectivity index (χ1v) is 6.49. The maximum Gasteiger partial charge on any atom is 0.262 e. The molecule has 1 aliphatic heterocycles. The molecule has 0 spiro atoms. The van der Waals surface area contributed by atoms with Crippen molar-refractivity contribution >= 4 is 23.0 Å². The van der Waals surface area contributed by atoms with Gasteiger partial charge in [0.15, 0.2) is 6.61 Å². The molecule has 19 heavy (non-hydrogen) atoms. The number of fused-ring (bicyclic) bond motifs is 1. The predicted molar refractivity (Wildman–Crippen MR) is 77.7 cm³/mol. The zero-order chi connectivity index (χ0) is 14.2. The molecule has 0 bridgehead atoms. The van der Waals surface area contributed by atoms with Gasteiger partial charge in [-0.15, -0.1) is 0 Å². The van der Waals surface area contributed by atoms with Crippen LogP contribution in [-0.2, 0) is 4.79 Å². The van der Waals surface area contributed by atoms with E-state index in [2.05, 4.69) is 31.0 Å². The summed E-state index contributed by atoms with van der Waals surface area (Å²) in [6.07, 6.45) is 0. The molecule has 0 radical (unpaired) electrons. The minimum atomic E-state index is -0.136. The lowest BCUT2D eigenvalue weighted by Gasteiger charge is -2.32. The smallest absolute Gasteiger partial charge is 0.262 e. The lowest BCUT2D eigenvalue weighted by Crippen LogP contribution is -2.34. The molecule has 0 fully saturated rings. The molecule has 1 unspecified atom stereocenters. The van der Waals surface area contributed by atoms with E-state index in [0.29, 0.717) is 29.1 Å². The molecule has 3 N–H and O–H groups in total. The standard InChI is InChI=1S/C14H21N3O2/c1-8(2)9(3)17(4)12-6-11-13(5-10(12)15)19-7-14(18)16-11/h5-6,8-9H,7,15H2,1-4H3,(H,16,18). The topological polar surface area (TPSA) is 67.6 Å². The normalized spacial score (nSPS) is 15.5. The maximum absolute atomic E-state index is 11.4. The van der Waals surface area contributed by atoms with E-state index >= 15 is 0 Å². The fourth-order valence-electron chi connectivity index (χ4n) is 2.10. The summed E-state index contributed by atoms with van der Waals surface area (Å²) >= 11 is 0. The minimum absolute atomic E-state index is 0.0457. The molecule has 0 aliphatic carbocycles. The number of carbonyl (C=O) groups is 1. The van der Waals surface area contributed by atoms with Gasteiger partial charge in [0.2, 0.25) is 0 Å². The number of nitrogens with zero attached hydrogens (tertiary/aromatic N) is 1. The molecule has 1 amide bonds. The highest BCUT2D eigenvalue weighted by Crippen LogP contribution is 2.37. The third-order valence-electron chi connectivity index (χ3n) is 3.72. The average Bonchev–Trinajstić information content (AvgIpc) is 2.36. The van der Waals surface area contributed by atoms with Crippen LogP contribution in [0.5, 0.6) is 5.75 Å². The summed E-state index contributed by atoms with van der Waals surface area (Å²) in [6, 6.07) is 3.99. The van der Waals surface area contributed by atoms with E-state index in [1.165, 1.54) is 0 Å². The van der Waals surface area contributed by atoms with E-state index in [1.54, 1.807) is 6.07 Å². The van der Waals surface area contributed by atoms with Crippen LogP contribution in [0.4, 0.5) is 17.1 Å². The van der Waals surface area contributed by atoms with Crippen LogP contribution in [0.2, 0.25) is 0 Å². The molecular formula is C14H21N3O2. The lowest BCUT2D eigenvalue weighted by molar-refractivity contribution is -0.118. The van der Waals surface area contributed by atoms with Crippen molar-refractivity contribution < 1.29 is 9.53 Å². The Labute approximate surface area is 113 Å². The quantitative estimate of drug-likeness (QED) is 0.819. The van der Waals surface area contributed by atoms with Gasteiger partial charge < -0.3 is 20.7 Å². The number of hydrogen-bond acceptors (Lipinski definition) is 4. The van der Waals surface area contributed by atoms with Crippen LogP contribution in [-0.4, -0.2) is 25.6 Å². The van der Waals surface area contributed by atoms with Gasteiger partial charge in [0.1, 0.15) is 5.75 Å². The number of anilines is 3. The highest BCUT2D eigenvalue weighted by Gasteiger charge is 2.21. The summed E-state index contributed by atoms with van der Waals surface area (Å²) in [5, 5.41) is 2.80.